The van der Waals surface area contributed by atoms with Crippen LogP contribution in [0.5, 0.6) is 11.5 Å². The molecule has 0 N–H and O–H groups in total. The van der Waals surface area contributed by atoms with E-state index >= 15 is 0 Å². The maximum Gasteiger partial charge on any atom is 0.228 e. The molecule has 0 bridgehead atoms. The Morgan fingerprint density at radius 3 is 2.57 bits per heavy atom. The number of methoxy groups -OCH3 is 2. The Balaban J connectivity index is 1.83. The maximum atomic E-state index is 12.6. The van der Waals surface area contributed by atoms with Crippen LogP contribution in [0, 0.1) is 0 Å². The largest absolute Gasteiger partial charge is 0.493 e. The lowest BCUT2D eigenvalue weighted by Gasteiger charge is -2.35. The number of hydrogen-bond acceptors (Lipinski definition) is 4. The van der Waals surface area contributed by atoms with Gasteiger partial charge in [0.25, 0.3) is 0 Å². The SMILES string of the molecule is COc1cc2c(cc1OC)CN(C(=O)Cc1cccs1)C(C)C2. The Morgan fingerprint density at radius 2 is 1.96 bits per heavy atom. The molecule has 1 amide bonds. The van der Waals surface area contributed by atoms with Crippen LogP contribution < -0.4 is 9.47 Å². The molecule has 0 saturated heterocycles. The molecule has 0 spiro atoms. The van der Waals surface area contributed by atoms with E-state index in [1.165, 1.54) is 5.56 Å². The van der Waals surface area contributed by atoms with Crippen molar-refractivity contribution in [3.05, 3.63) is 45.6 Å². The molecule has 0 saturated carbocycles. The number of thiophene rings is 1. The lowest BCUT2D eigenvalue weighted by molar-refractivity contribution is -0.133. The third kappa shape index (κ3) is 3.20. The van der Waals surface area contributed by atoms with Gasteiger partial charge in [0.1, 0.15) is 0 Å². The molecule has 1 aromatic carbocycles. The van der Waals surface area contributed by atoms with Crippen LogP contribution in [0.3, 0.4) is 0 Å². The van der Waals surface area contributed by atoms with Crippen molar-refractivity contribution in [1.82, 2.24) is 4.90 Å². The minimum atomic E-state index is 0.181. The molecular weight excluding hydrogens is 310 g/mol. The summed E-state index contributed by atoms with van der Waals surface area (Å²) in [5.74, 6) is 1.64. The molecule has 1 unspecified atom stereocenters. The Labute approximate surface area is 140 Å². The predicted molar refractivity (Wildman–Crippen MR) is 91.3 cm³/mol. The quantitative estimate of drug-likeness (QED) is 0.863. The number of rotatable bonds is 4. The number of nitrogens with zero attached hydrogens (tertiary/aromatic N) is 1. The number of ether oxygens (including phenoxy) is 2. The van der Waals surface area contributed by atoms with Crippen molar-refractivity contribution in [2.45, 2.75) is 32.4 Å². The average Bonchev–Trinajstić information content (AvgIpc) is 3.05. The second-order valence-electron chi connectivity index (χ2n) is 5.81. The highest BCUT2D eigenvalue weighted by Crippen LogP contribution is 2.34. The van der Waals surface area contributed by atoms with Gasteiger partial charge >= 0.3 is 0 Å². The lowest BCUT2D eigenvalue weighted by Crippen LogP contribution is -2.43. The summed E-state index contributed by atoms with van der Waals surface area (Å²) < 4.78 is 10.8. The highest BCUT2D eigenvalue weighted by molar-refractivity contribution is 7.10. The van der Waals surface area contributed by atoms with Gasteiger partial charge in [0, 0.05) is 17.5 Å². The van der Waals surface area contributed by atoms with Crippen LogP contribution in [-0.2, 0) is 24.2 Å². The number of benzene rings is 1. The molecule has 2 heterocycles. The molecule has 1 aliphatic heterocycles. The summed E-state index contributed by atoms with van der Waals surface area (Å²) >= 11 is 1.63. The summed E-state index contributed by atoms with van der Waals surface area (Å²) in [6, 6.07) is 8.21. The van der Waals surface area contributed by atoms with E-state index in [0.29, 0.717) is 18.7 Å². The smallest absolute Gasteiger partial charge is 0.228 e. The summed E-state index contributed by atoms with van der Waals surface area (Å²) in [6.07, 6.45) is 1.32. The average molecular weight is 331 g/mol. The van der Waals surface area contributed by atoms with Crippen molar-refractivity contribution in [3.63, 3.8) is 0 Å². The first-order valence-electron chi connectivity index (χ1n) is 7.68. The molecule has 1 atom stereocenters. The van der Waals surface area contributed by atoms with Crippen LogP contribution in [-0.4, -0.2) is 31.1 Å². The molecule has 23 heavy (non-hydrogen) atoms. The van der Waals surface area contributed by atoms with Crippen molar-refractivity contribution < 1.29 is 14.3 Å². The van der Waals surface area contributed by atoms with Crippen LogP contribution in [0.4, 0.5) is 0 Å². The van der Waals surface area contributed by atoms with Gasteiger partial charge in [-0.3, -0.25) is 4.79 Å². The summed E-state index contributed by atoms with van der Waals surface area (Å²) in [5.41, 5.74) is 2.37. The van der Waals surface area contributed by atoms with E-state index in [1.54, 1.807) is 25.6 Å². The molecule has 0 fully saturated rings. The van der Waals surface area contributed by atoms with E-state index in [1.807, 2.05) is 34.5 Å². The number of carbonyl (C=O) groups excluding carboxylic acids is 1. The molecule has 122 valence electrons. The van der Waals surface area contributed by atoms with Gasteiger partial charge in [-0.05, 0) is 48.1 Å². The number of fused-ring (bicyclic) bond motifs is 1. The number of amides is 1. The highest BCUT2D eigenvalue weighted by atomic mass is 32.1. The van der Waals surface area contributed by atoms with Crippen LogP contribution >= 0.6 is 11.3 Å². The first-order valence-corrected chi connectivity index (χ1v) is 8.56. The third-order valence-corrected chi connectivity index (χ3v) is 5.20. The molecule has 4 nitrogen and oxygen atoms in total. The monoisotopic (exact) mass is 331 g/mol. The van der Waals surface area contributed by atoms with Gasteiger partial charge in [-0.2, -0.15) is 0 Å². The Kier molecular flexibility index (Phi) is 4.57. The minimum Gasteiger partial charge on any atom is -0.493 e. The Morgan fingerprint density at radius 1 is 1.26 bits per heavy atom. The lowest BCUT2D eigenvalue weighted by atomic mass is 9.93. The van der Waals surface area contributed by atoms with Gasteiger partial charge in [-0.1, -0.05) is 6.07 Å². The first kappa shape index (κ1) is 15.9. The zero-order chi connectivity index (χ0) is 16.4. The molecule has 0 radical (unpaired) electrons. The summed E-state index contributed by atoms with van der Waals surface area (Å²) in [6.45, 7) is 2.73. The number of carbonyl (C=O) groups is 1. The molecule has 1 aliphatic rings. The van der Waals surface area contributed by atoms with Gasteiger partial charge in [0.05, 0.1) is 20.6 Å². The molecule has 2 aromatic rings. The minimum absolute atomic E-state index is 0.181. The molecule has 0 aliphatic carbocycles. The van der Waals surface area contributed by atoms with Crippen molar-refractivity contribution >= 4 is 17.2 Å². The molecule has 3 rings (SSSR count). The van der Waals surface area contributed by atoms with Gasteiger partial charge < -0.3 is 14.4 Å². The van der Waals surface area contributed by atoms with E-state index < -0.39 is 0 Å². The van der Waals surface area contributed by atoms with Gasteiger partial charge in [-0.25, -0.2) is 0 Å². The summed E-state index contributed by atoms with van der Waals surface area (Å²) in [4.78, 5) is 15.7. The van der Waals surface area contributed by atoms with E-state index in [0.717, 1.165) is 22.6 Å². The predicted octanol–water partition coefficient (Wildman–Crippen LogP) is 3.28. The van der Waals surface area contributed by atoms with Crippen molar-refractivity contribution in [2.24, 2.45) is 0 Å². The fourth-order valence-electron chi connectivity index (χ4n) is 3.07. The fraction of sp³-hybridized carbons (Fsp3) is 0.389. The van der Waals surface area contributed by atoms with Crippen molar-refractivity contribution in [3.8, 4) is 11.5 Å². The second-order valence-corrected chi connectivity index (χ2v) is 6.84. The summed E-state index contributed by atoms with van der Waals surface area (Å²) in [5, 5.41) is 2.01. The van der Waals surface area contributed by atoms with E-state index in [9.17, 15) is 4.79 Å². The molecule has 5 heteroatoms. The van der Waals surface area contributed by atoms with Gasteiger partial charge in [0.2, 0.25) is 5.91 Å². The van der Waals surface area contributed by atoms with Crippen LogP contribution in [0.25, 0.3) is 0 Å². The molecule has 1 aromatic heterocycles. The normalized spacial score (nSPS) is 16.8. The Bertz CT molecular complexity index is 697. The van der Waals surface area contributed by atoms with Gasteiger partial charge in [0.15, 0.2) is 11.5 Å². The van der Waals surface area contributed by atoms with Crippen LogP contribution in [0.1, 0.15) is 22.9 Å². The zero-order valence-corrected chi connectivity index (χ0v) is 14.5. The van der Waals surface area contributed by atoms with Gasteiger partial charge in [-0.15, -0.1) is 11.3 Å². The zero-order valence-electron chi connectivity index (χ0n) is 13.7. The maximum absolute atomic E-state index is 12.6. The first-order chi connectivity index (χ1) is 11.1. The standard InChI is InChI=1S/C18H21NO3S/c1-12-7-13-8-16(21-2)17(22-3)9-14(13)11-19(12)18(20)10-15-5-4-6-23-15/h4-6,8-9,12H,7,10-11H2,1-3H3. The highest BCUT2D eigenvalue weighted by Gasteiger charge is 2.28. The molecular formula is C18H21NO3S. The number of hydrogen-bond donors (Lipinski definition) is 0. The topological polar surface area (TPSA) is 38.8 Å². The van der Waals surface area contributed by atoms with Crippen molar-refractivity contribution in [1.29, 1.82) is 0 Å². The second kappa shape index (κ2) is 6.62. The van der Waals surface area contributed by atoms with E-state index in [4.69, 9.17) is 9.47 Å². The Hall–Kier alpha value is -2.01. The van der Waals surface area contributed by atoms with Crippen molar-refractivity contribution in [2.75, 3.05) is 14.2 Å². The fourth-order valence-corrected chi connectivity index (χ4v) is 3.76. The third-order valence-electron chi connectivity index (χ3n) is 4.32. The summed E-state index contributed by atoms with van der Waals surface area (Å²) in [7, 11) is 3.28. The van der Waals surface area contributed by atoms with E-state index in [-0.39, 0.29) is 11.9 Å². The van der Waals surface area contributed by atoms with Crippen LogP contribution in [0.2, 0.25) is 0 Å². The van der Waals surface area contributed by atoms with E-state index in [2.05, 4.69) is 6.92 Å². The van der Waals surface area contributed by atoms with Crippen LogP contribution in [0.15, 0.2) is 29.6 Å².